The summed E-state index contributed by atoms with van der Waals surface area (Å²) in [5, 5.41) is 15.1. The minimum absolute atomic E-state index is 0.0388. The van der Waals surface area contributed by atoms with Crippen LogP contribution in [0.25, 0.3) is 0 Å². The molecular weight excluding hydrogens is 342 g/mol. The highest BCUT2D eigenvalue weighted by Gasteiger charge is 2.11. The van der Waals surface area contributed by atoms with Crippen molar-refractivity contribution in [2.24, 2.45) is 0 Å². The first-order valence-corrected chi connectivity index (χ1v) is 7.74. The van der Waals surface area contributed by atoms with Crippen LogP contribution in [-0.4, -0.2) is 25.5 Å². The Kier molecular flexibility index (Phi) is 5.98. The van der Waals surface area contributed by atoms with Gasteiger partial charge in [0, 0.05) is 10.7 Å². The van der Waals surface area contributed by atoms with Crippen LogP contribution in [0.4, 0.5) is 11.4 Å². The van der Waals surface area contributed by atoms with Crippen LogP contribution in [0.1, 0.15) is 21.5 Å². The average molecular weight is 358 g/mol. The Labute approximate surface area is 150 Å². The molecule has 2 N–H and O–H groups in total. The molecule has 0 spiro atoms. The lowest BCUT2D eigenvalue weighted by Crippen LogP contribution is -2.22. The minimum atomic E-state index is -0.454. The molecule has 1 amide bonds. The topological polar surface area (TPSA) is 91.2 Å². The number of anilines is 2. The fraction of sp³-hybridized carbons (Fsp3) is 0.167. The molecule has 0 aromatic heterocycles. The fourth-order valence-corrected chi connectivity index (χ4v) is 2.32. The van der Waals surface area contributed by atoms with Gasteiger partial charge in [0.05, 0.1) is 30.5 Å². The molecule has 128 valence electrons. The van der Waals surface area contributed by atoms with Crippen molar-refractivity contribution in [1.29, 1.82) is 5.26 Å². The molecule has 0 bridgehead atoms. The number of hydrogen-bond acceptors (Lipinski definition) is 5. The summed E-state index contributed by atoms with van der Waals surface area (Å²) in [6.07, 6.45) is 0. The van der Waals surface area contributed by atoms with Gasteiger partial charge in [0.1, 0.15) is 6.07 Å². The van der Waals surface area contributed by atoms with Crippen LogP contribution in [0.5, 0.6) is 0 Å². The second-order valence-electron chi connectivity index (χ2n) is 5.22. The van der Waals surface area contributed by atoms with Gasteiger partial charge < -0.3 is 15.4 Å². The van der Waals surface area contributed by atoms with Gasteiger partial charge in [-0.05, 0) is 42.8 Å². The Morgan fingerprint density at radius 3 is 2.64 bits per heavy atom. The second kappa shape index (κ2) is 8.18. The summed E-state index contributed by atoms with van der Waals surface area (Å²) in [6.45, 7) is 1.81. The van der Waals surface area contributed by atoms with Crippen LogP contribution in [0.15, 0.2) is 36.4 Å². The highest BCUT2D eigenvalue weighted by molar-refractivity contribution is 6.31. The number of methoxy groups -OCH3 is 1. The van der Waals surface area contributed by atoms with E-state index >= 15 is 0 Å². The maximum atomic E-state index is 12.1. The van der Waals surface area contributed by atoms with Gasteiger partial charge >= 0.3 is 5.97 Å². The van der Waals surface area contributed by atoms with Crippen molar-refractivity contribution in [3.63, 3.8) is 0 Å². The van der Waals surface area contributed by atoms with Gasteiger partial charge in [-0.2, -0.15) is 5.26 Å². The Balaban J connectivity index is 2.07. The van der Waals surface area contributed by atoms with Gasteiger partial charge in [0.2, 0.25) is 5.91 Å². The van der Waals surface area contributed by atoms with Gasteiger partial charge in [0.15, 0.2) is 0 Å². The molecule has 7 heteroatoms. The van der Waals surface area contributed by atoms with Crippen LogP contribution in [0.3, 0.4) is 0 Å². The third-order valence-corrected chi connectivity index (χ3v) is 3.71. The molecule has 0 saturated carbocycles. The molecule has 0 unspecified atom stereocenters. The molecule has 0 aliphatic carbocycles. The lowest BCUT2D eigenvalue weighted by atomic mass is 10.1. The molecule has 25 heavy (non-hydrogen) atoms. The van der Waals surface area contributed by atoms with E-state index < -0.39 is 5.97 Å². The molecule has 6 nitrogen and oxygen atoms in total. The van der Waals surface area contributed by atoms with Crippen molar-refractivity contribution in [3.05, 3.63) is 58.1 Å². The van der Waals surface area contributed by atoms with Crippen molar-refractivity contribution in [3.8, 4) is 6.07 Å². The number of amides is 1. The van der Waals surface area contributed by atoms with Crippen LogP contribution in [0, 0.1) is 18.3 Å². The van der Waals surface area contributed by atoms with Gasteiger partial charge in [-0.1, -0.05) is 17.7 Å². The molecule has 0 heterocycles. The maximum Gasteiger partial charge on any atom is 0.337 e. The normalized spacial score (nSPS) is 9.84. The van der Waals surface area contributed by atoms with Gasteiger partial charge in [-0.3, -0.25) is 4.79 Å². The van der Waals surface area contributed by atoms with Crippen LogP contribution in [0.2, 0.25) is 5.02 Å². The fourth-order valence-electron chi connectivity index (χ4n) is 2.14. The van der Waals surface area contributed by atoms with E-state index in [-0.39, 0.29) is 12.5 Å². The molecule has 2 aromatic carbocycles. The lowest BCUT2D eigenvalue weighted by Gasteiger charge is -2.12. The van der Waals surface area contributed by atoms with E-state index in [1.165, 1.54) is 19.2 Å². The van der Waals surface area contributed by atoms with E-state index in [0.29, 0.717) is 27.5 Å². The van der Waals surface area contributed by atoms with E-state index in [0.717, 1.165) is 5.56 Å². The Morgan fingerprint density at radius 2 is 1.96 bits per heavy atom. The van der Waals surface area contributed by atoms with Crippen molar-refractivity contribution >= 4 is 34.9 Å². The number of rotatable bonds is 5. The largest absolute Gasteiger partial charge is 0.465 e. The standard InChI is InChI=1S/C18H16ClN3O3/c1-11-3-4-12(18(24)25-2)7-15(11)21-10-17(23)22-16-8-14(19)6-5-13(16)9-20/h3-8,21H,10H2,1-2H3,(H,22,23). The first kappa shape index (κ1) is 18.3. The molecule has 0 aliphatic heterocycles. The number of ether oxygens (including phenoxy) is 1. The summed E-state index contributed by atoms with van der Waals surface area (Å²) in [5.41, 5.74) is 2.58. The van der Waals surface area contributed by atoms with Crippen molar-refractivity contribution in [2.45, 2.75) is 6.92 Å². The summed E-state index contributed by atoms with van der Waals surface area (Å²) < 4.78 is 4.68. The first-order valence-electron chi connectivity index (χ1n) is 7.37. The number of hydrogen-bond donors (Lipinski definition) is 2. The molecule has 2 rings (SSSR count). The number of benzene rings is 2. The van der Waals surface area contributed by atoms with E-state index in [1.54, 1.807) is 24.3 Å². The summed E-state index contributed by atoms with van der Waals surface area (Å²) in [6, 6.07) is 11.7. The molecule has 0 fully saturated rings. The smallest absolute Gasteiger partial charge is 0.337 e. The van der Waals surface area contributed by atoms with E-state index in [1.807, 2.05) is 13.0 Å². The number of halogens is 1. The number of carbonyl (C=O) groups is 2. The monoisotopic (exact) mass is 357 g/mol. The quantitative estimate of drug-likeness (QED) is 0.800. The number of carbonyl (C=O) groups excluding carboxylic acids is 2. The Hall–Kier alpha value is -3.04. The van der Waals surface area contributed by atoms with Crippen molar-refractivity contribution < 1.29 is 14.3 Å². The highest BCUT2D eigenvalue weighted by Crippen LogP contribution is 2.21. The molecule has 0 aliphatic rings. The zero-order chi connectivity index (χ0) is 18.4. The van der Waals surface area contributed by atoms with Crippen molar-refractivity contribution in [1.82, 2.24) is 0 Å². The average Bonchev–Trinajstić information content (AvgIpc) is 2.60. The summed E-state index contributed by atoms with van der Waals surface area (Å²) >= 11 is 5.89. The zero-order valence-electron chi connectivity index (χ0n) is 13.7. The number of esters is 1. The summed E-state index contributed by atoms with van der Waals surface area (Å²) in [5.74, 6) is -0.799. The Morgan fingerprint density at radius 1 is 1.20 bits per heavy atom. The van der Waals surface area contributed by atoms with Gasteiger partial charge in [0.25, 0.3) is 0 Å². The SMILES string of the molecule is COC(=O)c1ccc(C)c(NCC(=O)Nc2cc(Cl)ccc2C#N)c1. The maximum absolute atomic E-state index is 12.1. The highest BCUT2D eigenvalue weighted by atomic mass is 35.5. The van der Waals surface area contributed by atoms with Gasteiger partial charge in [-0.15, -0.1) is 0 Å². The van der Waals surface area contributed by atoms with E-state index in [2.05, 4.69) is 15.4 Å². The van der Waals surface area contributed by atoms with E-state index in [4.69, 9.17) is 16.9 Å². The zero-order valence-corrected chi connectivity index (χ0v) is 14.5. The molecule has 2 aromatic rings. The van der Waals surface area contributed by atoms with Crippen LogP contribution >= 0.6 is 11.6 Å². The lowest BCUT2D eigenvalue weighted by molar-refractivity contribution is -0.114. The van der Waals surface area contributed by atoms with Crippen LogP contribution in [-0.2, 0) is 9.53 Å². The van der Waals surface area contributed by atoms with E-state index in [9.17, 15) is 9.59 Å². The number of nitrogens with zero attached hydrogens (tertiary/aromatic N) is 1. The third-order valence-electron chi connectivity index (χ3n) is 3.47. The molecule has 0 radical (unpaired) electrons. The minimum Gasteiger partial charge on any atom is -0.465 e. The molecule has 0 atom stereocenters. The molecule has 0 saturated heterocycles. The first-order chi connectivity index (χ1) is 11.9. The summed E-state index contributed by atoms with van der Waals surface area (Å²) in [4.78, 5) is 23.7. The van der Waals surface area contributed by atoms with Gasteiger partial charge in [-0.25, -0.2) is 4.79 Å². The Bertz CT molecular complexity index is 859. The number of nitriles is 1. The number of aryl methyl sites for hydroxylation is 1. The number of nitrogens with one attached hydrogen (secondary N) is 2. The molecular formula is C18H16ClN3O3. The van der Waals surface area contributed by atoms with Crippen molar-refractivity contribution in [2.75, 3.05) is 24.3 Å². The van der Waals surface area contributed by atoms with Crippen LogP contribution < -0.4 is 10.6 Å². The predicted octanol–water partition coefficient (Wildman–Crippen LogP) is 3.36. The predicted molar refractivity (Wildman–Crippen MR) is 95.8 cm³/mol. The summed E-state index contributed by atoms with van der Waals surface area (Å²) in [7, 11) is 1.31. The third kappa shape index (κ3) is 4.72. The second-order valence-corrected chi connectivity index (χ2v) is 5.66.